The zero-order chi connectivity index (χ0) is 42.1. The molecule has 4 aliphatic rings. The summed E-state index contributed by atoms with van der Waals surface area (Å²) in [6.45, 7) is 3.59. The number of hydroxylamine groups is 2. The summed E-state index contributed by atoms with van der Waals surface area (Å²) >= 11 is 0. The number of carboxylic acids is 1. The van der Waals surface area contributed by atoms with Crippen LogP contribution in [-0.4, -0.2) is 95.0 Å². The number of hydrogen-bond acceptors (Lipinski definition) is 13. The van der Waals surface area contributed by atoms with Crippen LogP contribution in [0.15, 0.2) is 98.5 Å². The van der Waals surface area contributed by atoms with E-state index in [2.05, 4.69) is 16.4 Å². The molecule has 0 bridgehead atoms. The highest BCUT2D eigenvalue weighted by Gasteiger charge is 2.51. The summed E-state index contributed by atoms with van der Waals surface area (Å²) in [7, 11) is 0. The molecular formula is C45H48N3O12+. The lowest BCUT2D eigenvalue weighted by atomic mass is 9.95. The van der Waals surface area contributed by atoms with Gasteiger partial charge in [0.05, 0.1) is 10.9 Å². The van der Waals surface area contributed by atoms with E-state index in [-0.39, 0.29) is 46.0 Å². The highest BCUT2D eigenvalue weighted by atomic mass is 16.8. The van der Waals surface area contributed by atoms with Gasteiger partial charge in [-0.3, -0.25) is 14.4 Å². The predicted octanol–water partition coefficient (Wildman–Crippen LogP) is 3.35. The highest BCUT2D eigenvalue weighted by Crippen LogP contribution is 2.32. The molecular weight excluding hydrogens is 775 g/mol. The van der Waals surface area contributed by atoms with E-state index in [1.807, 2.05) is 32.1 Å². The number of phenolic OH excluding ortho intramolecular Hbond substituents is 1. The van der Waals surface area contributed by atoms with Crippen molar-refractivity contribution in [3.8, 4) is 22.6 Å². The van der Waals surface area contributed by atoms with Gasteiger partial charge in [0.25, 0.3) is 0 Å². The second-order valence-electron chi connectivity index (χ2n) is 15.8. The molecule has 1 saturated carbocycles. The molecule has 6 N–H and O–H groups in total. The summed E-state index contributed by atoms with van der Waals surface area (Å²) < 4.78 is 23.9. The minimum absolute atomic E-state index is 0.0560. The minimum Gasteiger partial charge on any atom is -0.508 e. The molecule has 15 heteroatoms. The van der Waals surface area contributed by atoms with E-state index in [1.165, 1.54) is 36.6 Å². The Labute approximate surface area is 345 Å². The van der Waals surface area contributed by atoms with Crippen LogP contribution in [0, 0.1) is 19.8 Å². The van der Waals surface area contributed by atoms with Crippen molar-refractivity contribution in [1.29, 1.82) is 0 Å². The third-order valence-corrected chi connectivity index (χ3v) is 11.4. The summed E-state index contributed by atoms with van der Waals surface area (Å²) in [5.41, 5.74) is 5.99. The average Bonchev–Trinajstić information content (AvgIpc) is 3.82. The Bertz CT molecular complexity index is 2400. The van der Waals surface area contributed by atoms with Gasteiger partial charge in [-0.15, -0.1) is 0 Å². The number of quaternary nitrogens is 1. The van der Waals surface area contributed by atoms with Crippen molar-refractivity contribution in [1.82, 2.24) is 5.32 Å². The first-order valence-corrected chi connectivity index (χ1v) is 20.2. The van der Waals surface area contributed by atoms with Crippen LogP contribution >= 0.6 is 0 Å². The largest absolute Gasteiger partial charge is 0.508 e. The Morgan fingerprint density at radius 1 is 0.967 bits per heavy atom. The molecule has 1 unspecified atom stereocenters. The number of aliphatic carboxylic acids is 1. The van der Waals surface area contributed by atoms with Crippen molar-refractivity contribution in [2.75, 3.05) is 19.7 Å². The van der Waals surface area contributed by atoms with Crippen LogP contribution in [0.5, 0.6) is 11.5 Å². The first-order valence-electron chi connectivity index (χ1n) is 20.2. The lowest BCUT2D eigenvalue weighted by Crippen LogP contribution is -3.08. The topological polar surface area (TPSA) is 211 Å². The number of aliphatic imine (C=N–C) groups is 1. The van der Waals surface area contributed by atoms with Crippen LogP contribution in [0.3, 0.4) is 0 Å². The molecule has 0 radical (unpaired) electrons. The fourth-order valence-corrected chi connectivity index (χ4v) is 8.35. The molecule has 3 aliphatic heterocycles. The Balaban J connectivity index is 1.06. The van der Waals surface area contributed by atoms with Gasteiger partial charge in [0.2, 0.25) is 12.4 Å². The van der Waals surface area contributed by atoms with Crippen LogP contribution in [0.1, 0.15) is 48.8 Å². The first kappa shape index (κ1) is 41.1. The third-order valence-electron chi connectivity index (χ3n) is 11.4. The van der Waals surface area contributed by atoms with Gasteiger partial charge in [-0.1, -0.05) is 48.6 Å². The quantitative estimate of drug-likeness (QED) is 0.0846. The number of carbonyl (C=O) groups excluding carboxylic acids is 1. The lowest BCUT2D eigenvalue weighted by Gasteiger charge is -2.41. The van der Waals surface area contributed by atoms with Crippen molar-refractivity contribution in [3.63, 3.8) is 0 Å². The maximum Gasteiger partial charge on any atom is 0.321 e. The zero-order valence-corrected chi connectivity index (χ0v) is 33.2. The number of rotatable bonds is 13. The van der Waals surface area contributed by atoms with E-state index in [4.69, 9.17) is 23.5 Å². The molecule has 0 amide bonds. The lowest BCUT2D eigenvalue weighted by molar-refractivity contribution is -1.04. The fourth-order valence-electron chi connectivity index (χ4n) is 8.35. The van der Waals surface area contributed by atoms with Gasteiger partial charge in [-0.25, -0.2) is 4.99 Å². The number of carbonyl (C=O) groups is 2. The van der Waals surface area contributed by atoms with Gasteiger partial charge in [-0.05, 0) is 74.7 Å². The van der Waals surface area contributed by atoms with Crippen molar-refractivity contribution < 1.29 is 58.5 Å². The summed E-state index contributed by atoms with van der Waals surface area (Å²) in [5.74, 6) is -3.66. The molecule has 1 aliphatic carbocycles. The monoisotopic (exact) mass is 822 g/mol. The summed E-state index contributed by atoms with van der Waals surface area (Å²) in [4.78, 5) is 50.1. The van der Waals surface area contributed by atoms with E-state index in [9.17, 15) is 34.8 Å². The smallest absolute Gasteiger partial charge is 0.321 e. The number of allylic oxidation sites excluding steroid dienone is 1. The van der Waals surface area contributed by atoms with Crippen molar-refractivity contribution in [2.24, 2.45) is 10.9 Å². The number of aryl methyl sites for hydroxylation is 2. The Morgan fingerprint density at radius 2 is 1.72 bits per heavy atom. The number of carboxylic acid groups (broad SMARTS) is 1. The van der Waals surface area contributed by atoms with Crippen LogP contribution in [0.2, 0.25) is 0 Å². The molecule has 0 spiro atoms. The van der Waals surface area contributed by atoms with Gasteiger partial charge >= 0.3 is 11.9 Å². The fraction of sp³-hybridized carbons (Fsp3) is 0.378. The number of phenols is 1. The number of aliphatic hydroxyl groups excluding tert-OH is 2. The number of benzene rings is 3. The Kier molecular flexibility index (Phi) is 12.0. The standard InChI is InChI=1S/C45H47N3O12/c1-24-16-25(2)18-28(17-24)38-37-27(14-15-46-37)21-48(38)60-42-41(52)40(51)36(23-57-44(55)33(43(53)54)20-47-29-6-4-3-5-7-29)59-45(42)58-31-12-13-32-35(19-31)56-22-34(39(32)50)26-8-10-30(49)11-9-26/h8-19,22,29,33,36,40-42,45,47,49,51-52H,3-7,20-21,23H2,1-2H3,(H,53,54)/p+1/t33-,36-,40-,41+,42-,45-/m0/s1. The Hall–Kier alpha value is -5.68. The van der Waals surface area contributed by atoms with Crippen LogP contribution < -0.4 is 20.5 Å². The molecule has 2 fully saturated rings. The number of aromatic hydroxyl groups is 1. The predicted molar refractivity (Wildman–Crippen MR) is 218 cm³/mol. The van der Waals surface area contributed by atoms with E-state index >= 15 is 0 Å². The number of esters is 1. The van der Waals surface area contributed by atoms with Gasteiger partial charge < -0.3 is 44.4 Å². The van der Waals surface area contributed by atoms with Crippen molar-refractivity contribution in [3.05, 3.63) is 111 Å². The molecule has 15 nitrogen and oxygen atoms in total. The molecule has 7 atom stereocenters. The third kappa shape index (κ3) is 8.64. The molecule has 1 saturated heterocycles. The van der Waals surface area contributed by atoms with Gasteiger partial charge in [0.15, 0.2) is 17.0 Å². The molecule has 314 valence electrons. The maximum atomic E-state index is 13.5. The molecule has 4 heterocycles. The van der Waals surface area contributed by atoms with Crippen molar-refractivity contribution >= 4 is 34.8 Å². The van der Waals surface area contributed by atoms with Gasteiger partial charge in [-0.2, -0.15) is 9.90 Å². The number of ether oxygens (including phenoxy) is 3. The van der Waals surface area contributed by atoms with Gasteiger partial charge in [0, 0.05) is 36.0 Å². The zero-order valence-electron chi connectivity index (χ0n) is 33.2. The summed E-state index contributed by atoms with van der Waals surface area (Å²) in [5, 5.41) is 46.8. The number of fused-ring (bicyclic) bond motifs is 2. The number of nitrogens with zero attached hydrogens (tertiary/aromatic N) is 1. The normalized spacial score (nSPS) is 24.6. The Morgan fingerprint density at radius 3 is 2.45 bits per heavy atom. The maximum absolute atomic E-state index is 13.5. The molecule has 8 rings (SSSR count). The number of aliphatic hydroxyl groups is 2. The van der Waals surface area contributed by atoms with E-state index in [0.29, 0.717) is 17.2 Å². The summed E-state index contributed by atoms with van der Waals surface area (Å²) in [6.07, 6.45) is 2.42. The van der Waals surface area contributed by atoms with Gasteiger partial charge in [0.1, 0.15) is 60.5 Å². The molecule has 4 aromatic rings. The molecule has 1 aromatic heterocycles. The summed E-state index contributed by atoms with van der Waals surface area (Å²) in [6, 6.07) is 16.9. The molecule has 60 heavy (non-hydrogen) atoms. The van der Waals surface area contributed by atoms with Crippen LogP contribution in [0.25, 0.3) is 27.8 Å². The second kappa shape index (κ2) is 17.5. The average molecular weight is 823 g/mol. The van der Waals surface area contributed by atoms with Crippen LogP contribution in [0.4, 0.5) is 0 Å². The van der Waals surface area contributed by atoms with Crippen LogP contribution in [-0.2, 0) is 23.9 Å². The SMILES string of the molecule is Cc1cc(C)cc(C2=C3N=CC=C3C[NH+]2O[C@@H]2[C@@H](Oc3ccc4c(=O)c(-c5ccc(O)cc5)coc4c3)O[C@@H](COC(=O)[C@@H](CNC3CCCCC3)C(=O)O)[C@H](O)[C@H]2O)c1. The number of hydrogen-bond donors (Lipinski definition) is 6. The number of nitrogens with one attached hydrogen (secondary N) is 2. The minimum atomic E-state index is -1.66. The van der Waals surface area contributed by atoms with E-state index < -0.39 is 55.2 Å². The molecule has 3 aromatic carbocycles. The van der Waals surface area contributed by atoms with Crippen molar-refractivity contribution in [2.45, 2.75) is 82.7 Å². The highest BCUT2D eigenvalue weighted by molar-refractivity contribution is 5.94. The van der Waals surface area contributed by atoms with E-state index in [0.717, 1.165) is 65.8 Å². The van der Waals surface area contributed by atoms with E-state index in [1.54, 1.807) is 18.3 Å². The second-order valence-corrected chi connectivity index (χ2v) is 15.8. The first-order chi connectivity index (χ1) is 28.9.